The lowest BCUT2D eigenvalue weighted by Crippen LogP contribution is -1.97. The normalized spacial score (nSPS) is 11.3. The smallest absolute Gasteiger partial charge is 0.000728 e. The van der Waals surface area contributed by atoms with Crippen molar-refractivity contribution in [1.82, 2.24) is 0 Å². The Hall–Kier alpha value is -5.46. The molecule has 0 aliphatic rings. The Morgan fingerprint density at radius 2 is 0.884 bits per heavy atom. The van der Waals surface area contributed by atoms with Gasteiger partial charge in [-0.1, -0.05) is 158 Å². The minimum absolute atomic E-state index is 0.865. The molecule has 0 amide bonds. The van der Waals surface area contributed by atoms with Gasteiger partial charge in [0.2, 0.25) is 0 Å². The van der Waals surface area contributed by atoms with Gasteiger partial charge in [0.25, 0.3) is 0 Å². The molecule has 0 heteroatoms. The second-order valence-corrected chi connectivity index (χ2v) is 11.3. The Kier molecular flexibility index (Phi) is 6.31. The van der Waals surface area contributed by atoms with E-state index in [1.807, 2.05) is 0 Å². The van der Waals surface area contributed by atoms with Gasteiger partial charge in [-0.25, -0.2) is 0 Å². The molecule has 0 bridgehead atoms. The molecule has 0 aliphatic heterocycles. The van der Waals surface area contributed by atoms with Crippen molar-refractivity contribution in [2.24, 2.45) is 0 Å². The molecule has 0 saturated carbocycles. The van der Waals surface area contributed by atoms with Crippen LogP contribution in [0, 0.1) is 0 Å². The SMILES string of the molecule is c1ccc(-c2ccccc2Cc2c3ccccc3c(-c3cccc(-c4ccc5ccccc5c4)c3)c3ccccc23)cc1. The maximum absolute atomic E-state index is 2.36. The standard InChI is InChI=1S/C43H30/c1-2-14-31(15-3-1)37-20-7-6-17-35(37)29-42-38-21-8-10-23-40(38)43(41-24-11-9-22-39(41)42)36-19-12-18-33(28-36)34-26-25-30-13-4-5-16-32(30)27-34/h1-28H,29H2. The van der Waals surface area contributed by atoms with Crippen LogP contribution in [0.2, 0.25) is 0 Å². The zero-order valence-corrected chi connectivity index (χ0v) is 23.9. The molecule has 43 heavy (non-hydrogen) atoms. The molecule has 8 aromatic rings. The second-order valence-electron chi connectivity index (χ2n) is 11.3. The summed E-state index contributed by atoms with van der Waals surface area (Å²) in [7, 11) is 0. The van der Waals surface area contributed by atoms with E-state index in [2.05, 4.69) is 170 Å². The molecular formula is C43H30. The van der Waals surface area contributed by atoms with Gasteiger partial charge in [0.1, 0.15) is 0 Å². The first-order valence-corrected chi connectivity index (χ1v) is 15.0. The molecule has 0 saturated heterocycles. The summed E-state index contributed by atoms with van der Waals surface area (Å²) in [5.41, 5.74) is 10.3. The van der Waals surface area contributed by atoms with Crippen LogP contribution in [-0.2, 0) is 6.42 Å². The van der Waals surface area contributed by atoms with Gasteiger partial charge in [-0.2, -0.15) is 0 Å². The molecule has 0 radical (unpaired) electrons. The Morgan fingerprint density at radius 3 is 1.65 bits per heavy atom. The minimum atomic E-state index is 0.865. The van der Waals surface area contributed by atoms with Crippen molar-refractivity contribution >= 4 is 32.3 Å². The van der Waals surface area contributed by atoms with Crippen LogP contribution in [0.1, 0.15) is 11.1 Å². The van der Waals surface area contributed by atoms with Crippen molar-refractivity contribution in [2.45, 2.75) is 6.42 Å². The van der Waals surface area contributed by atoms with E-state index in [-0.39, 0.29) is 0 Å². The monoisotopic (exact) mass is 546 g/mol. The first-order chi connectivity index (χ1) is 21.3. The topological polar surface area (TPSA) is 0 Å². The summed E-state index contributed by atoms with van der Waals surface area (Å²) < 4.78 is 0. The fraction of sp³-hybridized carbons (Fsp3) is 0.0233. The van der Waals surface area contributed by atoms with Gasteiger partial charge in [-0.15, -0.1) is 0 Å². The Bertz CT molecular complexity index is 2200. The first kappa shape index (κ1) is 25.3. The van der Waals surface area contributed by atoms with E-state index < -0.39 is 0 Å². The van der Waals surface area contributed by atoms with E-state index in [4.69, 9.17) is 0 Å². The highest BCUT2D eigenvalue weighted by Gasteiger charge is 2.17. The fourth-order valence-electron chi connectivity index (χ4n) is 6.71. The molecule has 0 aromatic heterocycles. The van der Waals surface area contributed by atoms with E-state index in [0.717, 1.165) is 6.42 Å². The summed E-state index contributed by atoms with van der Waals surface area (Å²) in [6.07, 6.45) is 0.865. The highest BCUT2D eigenvalue weighted by molar-refractivity contribution is 6.15. The lowest BCUT2D eigenvalue weighted by Gasteiger charge is -2.19. The van der Waals surface area contributed by atoms with E-state index in [0.29, 0.717) is 0 Å². The van der Waals surface area contributed by atoms with E-state index in [1.54, 1.807) is 0 Å². The second kappa shape index (κ2) is 10.7. The Labute approximate surface area is 252 Å². The molecule has 8 aromatic carbocycles. The summed E-state index contributed by atoms with van der Waals surface area (Å²) in [6, 6.07) is 61.9. The van der Waals surface area contributed by atoms with Crippen LogP contribution >= 0.6 is 0 Å². The van der Waals surface area contributed by atoms with Gasteiger partial charge in [0.05, 0.1) is 0 Å². The maximum atomic E-state index is 2.36. The predicted octanol–water partition coefficient (Wildman–Crippen LogP) is 11.7. The largest absolute Gasteiger partial charge is 0.0622 e. The highest BCUT2D eigenvalue weighted by Crippen LogP contribution is 2.42. The maximum Gasteiger partial charge on any atom is -0.000728 e. The third-order valence-corrected chi connectivity index (χ3v) is 8.75. The van der Waals surface area contributed by atoms with Crippen molar-refractivity contribution < 1.29 is 0 Å². The molecule has 0 heterocycles. The number of hydrogen-bond donors (Lipinski definition) is 0. The summed E-state index contributed by atoms with van der Waals surface area (Å²) in [4.78, 5) is 0. The third-order valence-electron chi connectivity index (χ3n) is 8.75. The first-order valence-electron chi connectivity index (χ1n) is 15.0. The number of benzene rings is 8. The van der Waals surface area contributed by atoms with Gasteiger partial charge < -0.3 is 0 Å². The third kappa shape index (κ3) is 4.58. The molecule has 202 valence electrons. The van der Waals surface area contributed by atoms with Crippen LogP contribution < -0.4 is 0 Å². The minimum Gasteiger partial charge on any atom is -0.0622 e. The van der Waals surface area contributed by atoms with Crippen LogP contribution in [0.15, 0.2) is 170 Å². The number of rotatable bonds is 5. The summed E-state index contributed by atoms with van der Waals surface area (Å²) in [6.45, 7) is 0. The van der Waals surface area contributed by atoms with Crippen molar-refractivity contribution in [2.75, 3.05) is 0 Å². The summed E-state index contributed by atoms with van der Waals surface area (Å²) in [5.74, 6) is 0. The van der Waals surface area contributed by atoms with E-state index >= 15 is 0 Å². The van der Waals surface area contributed by atoms with Crippen LogP contribution in [-0.4, -0.2) is 0 Å². The summed E-state index contributed by atoms with van der Waals surface area (Å²) >= 11 is 0. The van der Waals surface area contributed by atoms with Crippen LogP contribution in [0.4, 0.5) is 0 Å². The molecule has 8 rings (SSSR count). The van der Waals surface area contributed by atoms with Crippen molar-refractivity contribution in [1.29, 1.82) is 0 Å². The Balaban J connectivity index is 1.32. The van der Waals surface area contributed by atoms with Gasteiger partial charge in [-0.05, 0) is 95.4 Å². The van der Waals surface area contributed by atoms with Crippen LogP contribution in [0.25, 0.3) is 65.7 Å². The number of hydrogen-bond acceptors (Lipinski definition) is 0. The zero-order chi connectivity index (χ0) is 28.6. The van der Waals surface area contributed by atoms with Gasteiger partial charge in [-0.3, -0.25) is 0 Å². The molecular weight excluding hydrogens is 516 g/mol. The average Bonchev–Trinajstić information content (AvgIpc) is 3.08. The summed E-state index contributed by atoms with van der Waals surface area (Å²) in [5, 5.41) is 7.75. The lowest BCUT2D eigenvalue weighted by molar-refractivity contribution is 1.23. The molecule has 0 spiro atoms. The molecule has 0 fully saturated rings. The fourth-order valence-corrected chi connectivity index (χ4v) is 6.71. The molecule has 0 unspecified atom stereocenters. The van der Waals surface area contributed by atoms with Crippen LogP contribution in [0.5, 0.6) is 0 Å². The predicted molar refractivity (Wildman–Crippen MR) is 185 cm³/mol. The van der Waals surface area contributed by atoms with Crippen molar-refractivity contribution in [3.63, 3.8) is 0 Å². The quantitative estimate of drug-likeness (QED) is 0.188. The number of fused-ring (bicyclic) bond motifs is 3. The van der Waals surface area contributed by atoms with E-state index in [9.17, 15) is 0 Å². The molecule has 0 nitrogen and oxygen atoms in total. The highest BCUT2D eigenvalue weighted by atomic mass is 14.2. The van der Waals surface area contributed by atoms with Crippen molar-refractivity contribution in [3.8, 4) is 33.4 Å². The van der Waals surface area contributed by atoms with Gasteiger partial charge in [0, 0.05) is 0 Å². The van der Waals surface area contributed by atoms with Gasteiger partial charge >= 0.3 is 0 Å². The van der Waals surface area contributed by atoms with Gasteiger partial charge in [0.15, 0.2) is 0 Å². The Morgan fingerprint density at radius 1 is 0.326 bits per heavy atom. The average molecular weight is 547 g/mol. The van der Waals surface area contributed by atoms with Crippen LogP contribution in [0.3, 0.4) is 0 Å². The van der Waals surface area contributed by atoms with E-state index in [1.165, 1.54) is 76.8 Å². The molecule has 0 N–H and O–H groups in total. The molecule has 0 atom stereocenters. The lowest BCUT2D eigenvalue weighted by atomic mass is 9.84. The van der Waals surface area contributed by atoms with Crippen molar-refractivity contribution in [3.05, 3.63) is 181 Å². The molecule has 0 aliphatic carbocycles. The zero-order valence-electron chi connectivity index (χ0n) is 23.9.